The van der Waals surface area contributed by atoms with Crippen molar-refractivity contribution in [2.75, 3.05) is 39.5 Å². The Labute approximate surface area is 222 Å². The monoisotopic (exact) mass is 518 g/mol. The highest BCUT2D eigenvalue weighted by Crippen LogP contribution is 2.39. The maximum atomic E-state index is 13.6. The molecule has 1 aromatic carbocycles. The van der Waals surface area contributed by atoms with Crippen molar-refractivity contribution in [1.82, 2.24) is 20.4 Å². The smallest absolute Gasteiger partial charge is 0.259 e. The Kier molecular flexibility index (Phi) is 8.03. The van der Waals surface area contributed by atoms with E-state index in [4.69, 9.17) is 14.0 Å². The van der Waals surface area contributed by atoms with E-state index >= 15 is 0 Å². The summed E-state index contributed by atoms with van der Waals surface area (Å²) in [6, 6.07) is 11.0. The van der Waals surface area contributed by atoms with Crippen molar-refractivity contribution in [2.45, 2.75) is 39.0 Å². The lowest BCUT2D eigenvalue weighted by molar-refractivity contribution is 0.0340. The number of piperidine rings is 1. The summed E-state index contributed by atoms with van der Waals surface area (Å²) in [5.74, 6) is 0.853. The van der Waals surface area contributed by atoms with Crippen molar-refractivity contribution >= 4 is 11.8 Å². The van der Waals surface area contributed by atoms with Gasteiger partial charge in [-0.25, -0.2) is 0 Å². The largest absolute Gasteiger partial charge is 0.492 e. The van der Waals surface area contributed by atoms with Crippen LogP contribution >= 0.6 is 0 Å². The zero-order valence-corrected chi connectivity index (χ0v) is 21.8. The Balaban J connectivity index is 1.32. The van der Waals surface area contributed by atoms with E-state index in [2.05, 4.69) is 15.5 Å². The number of ether oxygens (including phenoxy) is 2. The Morgan fingerprint density at radius 2 is 1.89 bits per heavy atom. The predicted octanol–water partition coefficient (Wildman–Crippen LogP) is 4.28. The summed E-state index contributed by atoms with van der Waals surface area (Å²) in [5, 5.41) is 7.07. The van der Waals surface area contributed by atoms with Crippen LogP contribution in [-0.4, -0.2) is 66.3 Å². The lowest BCUT2D eigenvalue weighted by Gasteiger charge is -2.42. The number of fused-ring (bicyclic) bond motifs is 1. The molecule has 4 heterocycles. The molecule has 9 nitrogen and oxygen atoms in total. The minimum Gasteiger partial charge on any atom is -0.492 e. The molecule has 0 atom stereocenters. The number of pyridine rings is 1. The predicted molar refractivity (Wildman–Crippen MR) is 141 cm³/mol. The molecule has 0 unspecified atom stereocenters. The number of carbonyl (C=O) groups is 2. The third-order valence-electron chi connectivity index (χ3n) is 7.57. The molecule has 1 fully saturated rings. The molecule has 200 valence electrons. The molecule has 1 N–H and O–H groups in total. The molecule has 0 aliphatic carbocycles. The topological polar surface area (TPSA) is 107 Å². The van der Waals surface area contributed by atoms with Gasteiger partial charge in [0.05, 0.1) is 18.8 Å². The number of rotatable bonds is 2. The molecule has 1 saturated heterocycles. The first kappa shape index (κ1) is 25.9. The van der Waals surface area contributed by atoms with Gasteiger partial charge in [-0.15, -0.1) is 0 Å². The van der Waals surface area contributed by atoms with Gasteiger partial charge >= 0.3 is 0 Å². The van der Waals surface area contributed by atoms with Gasteiger partial charge in [0, 0.05) is 49.6 Å². The second-order valence-corrected chi connectivity index (χ2v) is 10.1. The third kappa shape index (κ3) is 5.72. The van der Waals surface area contributed by atoms with Gasteiger partial charge in [-0.1, -0.05) is 23.7 Å². The summed E-state index contributed by atoms with van der Waals surface area (Å²) in [5.41, 5.74) is 2.20. The zero-order valence-electron chi connectivity index (χ0n) is 21.8. The van der Waals surface area contributed by atoms with Gasteiger partial charge in [0.1, 0.15) is 22.8 Å². The van der Waals surface area contributed by atoms with E-state index in [1.807, 2.05) is 35.2 Å². The van der Waals surface area contributed by atoms with Crippen molar-refractivity contribution in [2.24, 2.45) is 5.41 Å². The number of para-hydroxylation sites is 1. The number of hydrogen-bond donors (Lipinski definition) is 1. The third-order valence-corrected chi connectivity index (χ3v) is 7.57. The number of aryl methyl sites for hydroxylation is 1. The number of carbonyl (C=O) groups excluding carboxylic acids is 2. The highest BCUT2D eigenvalue weighted by Gasteiger charge is 2.38. The fourth-order valence-corrected chi connectivity index (χ4v) is 5.28. The molecule has 38 heavy (non-hydrogen) atoms. The molecule has 0 bridgehead atoms. The minimum absolute atomic E-state index is 0.0744. The molecule has 2 aliphatic heterocycles. The SMILES string of the molecule is Cc1onc(-c2cccnc2)c1C(=O)N1CCC2(CCCCOCCNC(=O)c3ccccc3OC2)CC1. The normalized spacial score (nSPS) is 18.7. The molecule has 2 aliphatic rings. The molecule has 9 heteroatoms. The second kappa shape index (κ2) is 11.8. The van der Waals surface area contributed by atoms with Gasteiger partial charge in [0.25, 0.3) is 11.8 Å². The average Bonchev–Trinajstić information content (AvgIpc) is 3.34. The van der Waals surface area contributed by atoms with Crippen LogP contribution in [0.4, 0.5) is 0 Å². The van der Waals surface area contributed by atoms with Crippen LogP contribution in [0.25, 0.3) is 11.3 Å². The van der Waals surface area contributed by atoms with Crippen molar-refractivity contribution in [1.29, 1.82) is 0 Å². The first-order valence-corrected chi connectivity index (χ1v) is 13.3. The maximum absolute atomic E-state index is 13.6. The molecule has 5 rings (SSSR count). The molecule has 2 amide bonds. The summed E-state index contributed by atoms with van der Waals surface area (Å²) in [4.78, 5) is 32.4. The molecular weight excluding hydrogens is 484 g/mol. The summed E-state index contributed by atoms with van der Waals surface area (Å²) >= 11 is 0. The molecule has 3 aromatic rings. The first-order valence-electron chi connectivity index (χ1n) is 13.3. The number of nitrogens with zero attached hydrogens (tertiary/aromatic N) is 3. The van der Waals surface area contributed by atoms with Crippen molar-refractivity contribution < 1.29 is 23.6 Å². The van der Waals surface area contributed by atoms with E-state index in [1.54, 1.807) is 25.4 Å². The number of aromatic nitrogens is 2. The van der Waals surface area contributed by atoms with Crippen LogP contribution in [0.3, 0.4) is 0 Å². The van der Waals surface area contributed by atoms with E-state index in [9.17, 15) is 9.59 Å². The van der Waals surface area contributed by atoms with Gasteiger partial charge in [-0.2, -0.15) is 0 Å². The van der Waals surface area contributed by atoms with E-state index < -0.39 is 0 Å². The number of benzene rings is 1. The van der Waals surface area contributed by atoms with Crippen LogP contribution in [-0.2, 0) is 4.74 Å². The molecular formula is C29H34N4O5. The van der Waals surface area contributed by atoms with Crippen molar-refractivity contribution in [3.05, 3.63) is 65.7 Å². The van der Waals surface area contributed by atoms with Crippen molar-refractivity contribution in [3.63, 3.8) is 0 Å². The molecule has 1 spiro atoms. The van der Waals surface area contributed by atoms with E-state index in [0.29, 0.717) is 67.8 Å². The Morgan fingerprint density at radius 3 is 2.71 bits per heavy atom. The second-order valence-electron chi connectivity index (χ2n) is 10.1. The van der Waals surface area contributed by atoms with Crippen LogP contribution in [0.5, 0.6) is 5.75 Å². The maximum Gasteiger partial charge on any atom is 0.259 e. The Bertz CT molecular complexity index is 1250. The molecule has 2 aromatic heterocycles. The molecule has 0 radical (unpaired) electrons. The van der Waals surface area contributed by atoms with Gasteiger partial charge in [0.2, 0.25) is 0 Å². The lowest BCUT2D eigenvalue weighted by Crippen LogP contribution is -2.45. The van der Waals surface area contributed by atoms with Gasteiger partial charge < -0.3 is 24.2 Å². The summed E-state index contributed by atoms with van der Waals surface area (Å²) < 4.78 is 17.5. The fourth-order valence-electron chi connectivity index (χ4n) is 5.28. The van der Waals surface area contributed by atoms with E-state index in [1.165, 1.54) is 0 Å². The number of nitrogens with one attached hydrogen (secondary N) is 1. The number of likely N-dealkylation sites (tertiary alicyclic amines) is 1. The van der Waals surface area contributed by atoms with Crippen LogP contribution in [0.15, 0.2) is 53.3 Å². The van der Waals surface area contributed by atoms with Crippen LogP contribution in [0.2, 0.25) is 0 Å². The summed E-state index contributed by atoms with van der Waals surface area (Å²) in [7, 11) is 0. The fraction of sp³-hybridized carbons (Fsp3) is 0.448. The van der Waals surface area contributed by atoms with Gasteiger partial charge in [-0.3, -0.25) is 14.6 Å². The first-order chi connectivity index (χ1) is 18.6. The number of hydrogen-bond acceptors (Lipinski definition) is 7. The van der Waals surface area contributed by atoms with Crippen LogP contribution in [0.1, 0.15) is 58.6 Å². The minimum atomic E-state index is -0.163. The van der Waals surface area contributed by atoms with Gasteiger partial charge in [-0.05, 0) is 56.9 Å². The standard InChI is InChI=1S/C29H34N4O5/c1-21-25(26(32-38-21)22-7-6-13-30-19-22)28(35)33-15-11-29(12-16-33)10-4-5-17-36-18-14-31-27(34)23-8-2-3-9-24(23)37-20-29/h2-3,6-9,13,19H,4-5,10-12,14-18,20H2,1H3,(H,31,34). The van der Waals surface area contributed by atoms with Crippen LogP contribution in [0, 0.1) is 12.3 Å². The molecule has 0 saturated carbocycles. The quantitative estimate of drug-likeness (QED) is 0.540. The lowest BCUT2D eigenvalue weighted by atomic mass is 9.75. The highest BCUT2D eigenvalue weighted by molar-refractivity contribution is 6.00. The Hall–Kier alpha value is -3.72. The number of amides is 2. The summed E-state index contributed by atoms with van der Waals surface area (Å²) in [6.07, 6.45) is 7.92. The Morgan fingerprint density at radius 1 is 1.05 bits per heavy atom. The zero-order chi connectivity index (χ0) is 26.4. The highest BCUT2D eigenvalue weighted by atomic mass is 16.5. The summed E-state index contributed by atoms with van der Waals surface area (Å²) in [6.45, 7) is 5.10. The van der Waals surface area contributed by atoms with E-state index in [-0.39, 0.29) is 17.2 Å². The average molecular weight is 519 g/mol. The van der Waals surface area contributed by atoms with E-state index in [0.717, 1.165) is 37.7 Å². The van der Waals surface area contributed by atoms with Crippen molar-refractivity contribution in [3.8, 4) is 17.0 Å². The van der Waals surface area contributed by atoms with Crippen LogP contribution < -0.4 is 10.1 Å². The van der Waals surface area contributed by atoms with Gasteiger partial charge in [0.15, 0.2) is 0 Å².